The van der Waals surface area contributed by atoms with Crippen molar-refractivity contribution < 1.29 is 22.7 Å². The first-order valence-corrected chi connectivity index (χ1v) is 6.13. The van der Waals surface area contributed by atoms with Crippen LogP contribution in [0.5, 0.6) is 0 Å². The van der Waals surface area contributed by atoms with Gasteiger partial charge in [-0.15, -0.1) is 0 Å². The molecule has 2 fully saturated rings. The molecular weight excluding hydrogens is 249 g/mol. The Hall–Kier alpha value is -0.820. The lowest BCUT2D eigenvalue weighted by Crippen LogP contribution is -2.47. The van der Waals surface area contributed by atoms with E-state index in [1.54, 1.807) is 0 Å². The highest BCUT2D eigenvalue weighted by molar-refractivity contribution is 5.77. The molecule has 0 spiro atoms. The second-order valence-corrected chi connectivity index (χ2v) is 4.80. The number of amides is 1. The molecule has 0 aromatic rings. The first-order chi connectivity index (χ1) is 8.46. The summed E-state index contributed by atoms with van der Waals surface area (Å²) in [5.41, 5.74) is 0. The number of carbonyl (C=O) groups is 1. The molecule has 4 nitrogen and oxygen atoms in total. The van der Waals surface area contributed by atoms with E-state index in [1.807, 2.05) is 0 Å². The van der Waals surface area contributed by atoms with E-state index in [2.05, 4.69) is 5.32 Å². The van der Waals surface area contributed by atoms with Gasteiger partial charge in [0.05, 0.1) is 13.2 Å². The van der Waals surface area contributed by atoms with Gasteiger partial charge in [-0.2, -0.15) is 13.2 Å². The molecule has 0 bridgehead atoms. The highest BCUT2D eigenvalue weighted by Crippen LogP contribution is 2.30. The van der Waals surface area contributed by atoms with Crippen LogP contribution >= 0.6 is 0 Å². The van der Waals surface area contributed by atoms with Gasteiger partial charge >= 0.3 is 6.18 Å². The van der Waals surface area contributed by atoms with Crippen LogP contribution in [0.4, 0.5) is 13.2 Å². The number of hydrogen-bond donors (Lipinski definition) is 1. The average molecular weight is 266 g/mol. The molecule has 1 saturated heterocycles. The van der Waals surface area contributed by atoms with Gasteiger partial charge in [-0.25, -0.2) is 0 Å². The molecule has 1 unspecified atom stereocenters. The minimum absolute atomic E-state index is 0.0760. The van der Waals surface area contributed by atoms with E-state index in [4.69, 9.17) is 4.74 Å². The van der Waals surface area contributed by atoms with Crippen LogP contribution in [0.15, 0.2) is 0 Å². The molecule has 1 heterocycles. The minimum atomic E-state index is -4.32. The Kier molecular flexibility index (Phi) is 4.11. The van der Waals surface area contributed by atoms with Gasteiger partial charge in [-0.05, 0) is 12.8 Å². The molecule has 104 valence electrons. The Bertz CT molecular complexity index is 299. The average Bonchev–Trinajstić information content (AvgIpc) is 3.10. The zero-order chi connectivity index (χ0) is 13.2. The summed E-state index contributed by atoms with van der Waals surface area (Å²) in [6.07, 6.45) is -2.89. The Morgan fingerprint density at radius 3 is 2.61 bits per heavy atom. The lowest BCUT2D eigenvalue weighted by molar-refractivity contribution is -0.163. The number of alkyl halides is 3. The lowest BCUT2D eigenvalue weighted by atomic mass is 10.1. The largest absolute Gasteiger partial charge is 0.406 e. The summed E-state index contributed by atoms with van der Waals surface area (Å²) in [7, 11) is 0. The summed E-state index contributed by atoms with van der Waals surface area (Å²) in [6.45, 7) is 0.473. The number of morpholine rings is 1. The van der Waals surface area contributed by atoms with Crippen LogP contribution < -0.4 is 5.32 Å². The monoisotopic (exact) mass is 266 g/mol. The number of nitrogens with one attached hydrogen (secondary N) is 1. The third kappa shape index (κ3) is 4.13. The van der Waals surface area contributed by atoms with E-state index in [0.717, 1.165) is 4.90 Å². The van der Waals surface area contributed by atoms with Gasteiger partial charge in [0.25, 0.3) is 0 Å². The Labute approximate surface area is 103 Å². The molecule has 1 amide bonds. The summed E-state index contributed by atoms with van der Waals surface area (Å²) < 4.78 is 42.4. The minimum Gasteiger partial charge on any atom is -0.378 e. The molecule has 0 aromatic heterocycles. The molecule has 0 aromatic carbocycles. The summed E-state index contributed by atoms with van der Waals surface area (Å²) in [6, 6.07) is -0.385. The van der Waals surface area contributed by atoms with Crippen LogP contribution in [0.25, 0.3) is 0 Å². The van der Waals surface area contributed by atoms with E-state index in [9.17, 15) is 18.0 Å². The third-order valence-corrected chi connectivity index (χ3v) is 3.08. The molecule has 2 rings (SSSR count). The number of hydrogen-bond acceptors (Lipinski definition) is 3. The fraction of sp³-hybridized carbons (Fsp3) is 0.909. The summed E-state index contributed by atoms with van der Waals surface area (Å²) in [5.74, 6) is -0.433. The number of rotatable bonds is 4. The van der Waals surface area contributed by atoms with Gasteiger partial charge in [0.1, 0.15) is 6.54 Å². The Morgan fingerprint density at radius 2 is 2.11 bits per heavy atom. The van der Waals surface area contributed by atoms with Crippen molar-refractivity contribution in [2.75, 3.05) is 26.3 Å². The fourth-order valence-electron chi connectivity index (χ4n) is 2.08. The second-order valence-electron chi connectivity index (χ2n) is 4.80. The van der Waals surface area contributed by atoms with Crippen molar-refractivity contribution >= 4 is 5.91 Å². The van der Waals surface area contributed by atoms with Crippen molar-refractivity contribution in [3.63, 3.8) is 0 Å². The molecular formula is C11H17F3N2O2. The number of nitrogens with zero attached hydrogens (tertiary/aromatic N) is 1. The molecule has 1 N–H and O–H groups in total. The first kappa shape index (κ1) is 13.6. The fourth-order valence-corrected chi connectivity index (χ4v) is 2.08. The van der Waals surface area contributed by atoms with E-state index in [-0.39, 0.29) is 18.5 Å². The van der Waals surface area contributed by atoms with Gasteiger partial charge in [0.15, 0.2) is 0 Å². The van der Waals surface area contributed by atoms with Gasteiger partial charge < -0.3 is 15.0 Å². The summed E-state index contributed by atoms with van der Waals surface area (Å²) >= 11 is 0. The van der Waals surface area contributed by atoms with Crippen LogP contribution in [-0.2, 0) is 9.53 Å². The number of carbonyl (C=O) groups excluding carboxylic acids is 1. The van der Waals surface area contributed by atoms with Gasteiger partial charge in [-0.1, -0.05) is 0 Å². The van der Waals surface area contributed by atoms with Gasteiger partial charge in [-0.3, -0.25) is 4.79 Å². The zero-order valence-electron chi connectivity index (χ0n) is 10.0. The van der Waals surface area contributed by atoms with Crippen LogP contribution in [0.3, 0.4) is 0 Å². The van der Waals surface area contributed by atoms with Crippen molar-refractivity contribution in [3.8, 4) is 0 Å². The molecule has 18 heavy (non-hydrogen) atoms. The second kappa shape index (κ2) is 5.44. The first-order valence-electron chi connectivity index (χ1n) is 6.13. The molecule has 7 heteroatoms. The predicted molar refractivity (Wildman–Crippen MR) is 58.0 cm³/mol. The normalized spacial score (nSPS) is 24.9. The summed E-state index contributed by atoms with van der Waals surface area (Å²) in [5, 5.41) is 3.07. The number of halogens is 3. The smallest absolute Gasteiger partial charge is 0.378 e. The van der Waals surface area contributed by atoms with E-state index in [0.29, 0.717) is 32.6 Å². The maximum absolute atomic E-state index is 12.4. The van der Waals surface area contributed by atoms with Crippen LogP contribution in [0.2, 0.25) is 0 Å². The highest BCUT2D eigenvalue weighted by atomic mass is 19.4. The van der Waals surface area contributed by atoms with Crippen molar-refractivity contribution in [1.82, 2.24) is 10.2 Å². The van der Waals surface area contributed by atoms with Crippen LogP contribution in [-0.4, -0.2) is 55.4 Å². The molecule has 2 aliphatic rings. The van der Waals surface area contributed by atoms with Crippen molar-refractivity contribution in [3.05, 3.63) is 0 Å². The zero-order valence-corrected chi connectivity index (χ0v) is 10.0. The van der Waals surface area contributed by atoms with E-state index < -0.39 is 18.6 Å². The lowest BCUT2D eigenvalue weighted by Gasteiger charge is -2.28. The van der Waals surface area contributed by atoms with Gasteiger partial charge in [0.2, 0.25) is 5.91 Å². The maximum atomic E-state index is 12.4. The Morgan fingerprint density at radius 1 is 1.39 bits per heavy atom. The molecule has 1 atom stereocenters. The van der Waals surface area contributed by atoms with Gasteiger partial charge in [0, 0.05) is 25.0 Å². The molecule has 1 aliphatic heterocycles. The maximum Gasteiger partial charge on any atom is 0.406 e. The standard InChI is InChI=1S/C11H17F3N2O2/c12-11(13,14)7-16(9-1-2-9)10(17)5-8-6-18-4-3-15-8/h8-9,15H,1-7H2. The third-order valence-electron chi connectivity index (χ3n) is 3.08. The van der Waals surface area contributed by atoms with E-state index in [1.165, 1.54) is 0 Å². The van der Waals surface area contributed by atoms with Crippen molar-refractivity contribution in [2.24, 2.45) is 0 Å². The Balaban J connectivity index is 1.87. The van der Waals surface area contributed by atoms with E-state index >= 15 is 0 Å². The van der Waals surface area contributed by atoms with Crippen molar-refractivity contribution in [1.29, 1.82) is 0 Å². The van der Waals surface area contributed by atoms with Crippen molar-refractivity contribution in [2.45, 2.75) is 37.5 Å². The molecule has 1 aliphatic carbocycles. The van der Waals surface area contributed by atoms with Crippen LogP contribution in [0.1, 0.15) is 19.3 Å². The SMILES string of the molecule is O=C(CC1COCCN1)N(CC(F)(F)F)C1CC1. The summed E-state index contributed by atoms with van der Waals surface area (Å²) in [4.78, 5) is 12.9. The number of ether oxygens (including phenoxy) is 1. The quantitative estimate of drug-likeness (QED) is 0.822. The topological polar surface area (TPSA) is 41.6 Å². The molecule has 1 saturated carbocycles. The highest BCUT2D eigenvalue weighted by Gasteiger charge is 2.40. The predicted octanol–water partition coefficient (Wildman–Crippen LogP) is 0.918. The molecule has 0 radical (unpaired) electrons. The van der Waals surface area contributed by atoms with Crippen LogP contribution in [0, 0.1) is 0 Å².